The lowest BCUT2D eigenvalue weighted by molar-refractivity contribution is 0.305. The van der Waals surface area contributed by atoms with Gasteiger partial charge in [0, 0.05) is 12.6 Å². The summed E-state index contributed by atoms with van der Waals surface area (Å²) in [6.07, 6.45) is 5.83. The molecule has 0 aliphatic rings. The molecule has 0 aliphatic carbocycles. The Labute approximate surface area is 103 Å². The summed E-state index contributed by atoms with van der Waals surface area (Å²) in [6, 6.07) is 1.83. The van der Waals surface area contributed by atoms with Crippen LogP contribution in [-0.2, 0) is 0 Å². The first-order valence-corrected chi connectivity index (χ1v) is 6.25. The van der Waals surface area contributed by atoms with Gasteiger partial charge in [-0.2, -0.15) is 0 Å². The van der Waals surface area contributed by atoms with Crippen LogP contribution >= 0.6 is 0 Å². The average molecular weight is 238 g/mol. The fraction of sp³-hybridized carbons (Fsp3) is 0.667. The van der Waals surface area contributed by atoms with Gasteiger partial charge in [0.05, 0.1) is 6.61 Å². The normalized spacial score (nSPS) is 10.2. The van der Waals surface area contributed by atoms with Crippen LogP contribution in [0.2, 0.25) is 0 Å². The average Bonchev–Trinajstić information content (AvgIpc) is 2.37. The molecule has 1 aromatic rings. The number of rotatable bonds is 9. The van der Waals surface area contributed by atoms with Crippen LogP contribution in [0.25, 0.3) is 0 Å². The number of nitrogens with zero attached hydrogens (tertiary/aromatic N) is 2. The van der Waals surface area contributed by atoms with Crippen molar-refractivity contribution in [3.63, 3.8) is 0 Å². The molecule has 0 spiro atoms. The van der Waals surface area contributed by atoms with Gasteiger partial charge in [-0.3, -0.25) is 0 Å². The summed E-state index contributed by atoms with van der Waals surface area (Å²) < 4.78 is 5.43. The molecule has 0 atom stereocenters. The van der Waals surface area contributed by atoms with Crippen LogP contribution in [-0.4, -0.2) is 29.7 Å². The van der Waals surface area contributed by atoms with Gasteiger partial charge < -0.3 is 15.8 Å². The molecule has 1 aromatic heterocycles. The van der Waals surface area contributed by atoms with E-state index >= 15 is 0 Å². The van der Waals surface area contributed by atoms with E-state index in [1.807, 2.05) is 6.07 Å². The van der Waals surface area contributed by atoms with E-state index in [9.17, 15) is 0 Å². The summed E-state index contributed by atoms with van der Waals surface area (Å²) in [7, 11) is 0. The van der Waals surface area contributed by atoms with Crippen molar-refractivity contribution in [3.8, 4) is 5.88 Å². The molecule has 0 saturated heterocycles. The zero-order chi connectivity index (χ0) is 12.3. The smallest absolute Gasteiger partial charge is 0.218 e. The largest absolute Gasteiger partial charge is 0.478 e. The lowest BCUT2D eigenvalue weighted by atomic mass is 10.2. The van der Waals surface area contributed by atoms with Crippen molar-refractivity contribution >= 4 is 5.82 Å². The Bertz CT molecular complexity index is 306. The van der Waals surface area contributed by atoms with Crippen LogP contribution in [0.15, 0.2) is 12.4 Å². The molecular weight excluding hydrogens is 216 g/mol. The first-order chi connectivity index (χ1) is 8.36. The van der Waals surface area contributed by atoms with E-state index in [0.717, 1.165) is 44.6 Å². The van der Waals surface area contributed by atoms with Crippen LogP contribution in [0, 0.1) is 0 Å². The highest BCUT2D eigenvalue weighted by Crippen LogP contribution is 2.11. The van der Waals surface area contributed by atoms with Crippen LogP contribution in [0.3, 0.4) is 0 Å². The Balaban J connectivity index is 2.27. The standard InChI is InChI=1S/C12H22N4O/c1-2-8-17-12-9-11(15-10-16-12)14-7-5-3-4-6-13/h9-10H,2-8,13H2,1H3,(H,14,15,16). The van der Waals surface area contributed by atoms with Gasteiger partial charge in [0.2, 0.25) is 5.88 Å². The number of anilines is 1. The van der Waals surface area contributed by atoms with Crippen molar-refractivity contribution in [3.05, 3.63) is 12.4 Å². The van der Waals surface area contributed by atoms with Gasteiger partial charge in [-0.15, -0.1) is 0 Å². The number of aromatic nitrogens is 2. The Kier molecular flexibility index (Phi) is 7.06. The van der Waals surface area contributed by atoms with Crippen molar-refractivity contribution in [2.24, 2.45) is 5.73 Å². The molecule has 17 heavy (non-hydrogen) atoms. The third-order valence-corrected chi connectivity index (χ3v) is 2.28. The van der Waals surface area contributed by atoms with E-state index in [1.54, 1.807) is 0 Å². The van der Waals surface area contributed by atoms with Gasteiger partial charge in [0.25, 0.3) is 0 Å². The Morgan fingerprint density at radius 2 is 2.18 bits per heavy atom. The van der Waals surface area contributed by atoms with E-state index in [2.05, 4.69) is 22.2 Å². The molecular formula is C12H22N4O. The summed E-state index contributed by atoms with van der Waals surface area (Å²) in [5, 5.41) is 3.25. The molecule has 0 fully saturated rings. The van der Waals surface area contributed by atoms with E-state index in [4.69, 9.17) is 10.5 Å². The highest BCUT2D eigenvalue weighted by Gasteiger charge is 1.98. The molecule has 0 amide bonds. The maximum Gasteiger partial charge on any atom is 0.218 e. The summed E-state index contributed by atoms with van der Waals surface area (Å²) in [5.41, 5.74) is 5.43. The second-order valence-corrected chi connectivity index (χ2v) is 3.87. The third-order valence-electron chi connectivity index (χ3n) is 2.28. The third kappa shape index (κ3) is 6.06. The van der Waals surface area contributed by atoms with Gasteiger partial charge in [-0.25, -0.2) is 9.97 Å². The molecule has 0 radical (unpaired) electrons. The molecule has 0 bridgehead atoms. The van der Waals surface area contributed by atoms with E-state index in [0.29, 0.717) is 12.5 Å². The first kappa shape index (κ1) is 13.7. The molecule has 0 saturated carbocycles. The number of hydrogen-bond donors (Lipinski definition) is 2. The summed E-state index contributed by atoms with van der Waals surface area (Å²) in [4.78, 5) is 8.18. The van der Waals surface area contributed by atoms with Gasteiger partial charge in [0.15, 0.2) is 0 Å². The topological polar surface area (TPSA) is 73.1 Å². The Morgan fingerprint density at radius 1 is 1.29 bits per heavy atom. The first-order valence-electron chi connectivity index (χ1n) is 6.25. The van der Waals surface area contributed by atoms with Crippen molar-refractivity contribution in [2.45, 2.75) is 32.6 Å². The lowest BCUT2D eigenvalue weighted by Crippen LogP contribution is -2.06. The predicted molar refractivity (Wildman–Crippen MR) is 69.2 cm³/mol. The van der Waals surface area contributed by atoms with Crippen LogP contribution < -0.4 is 15.8 Å². The highest BCUT2D eigenvalue weighted by molar-refractivity contribution is 5.36. The quantitative estimate of drug-likeness (QED) is 0.642. The molecule has 5 nitrogen and oxygen atoms in total. The maximum atomic E-state index is 5.43. The second-order valence-electron chi connectivity index (χ2n) is 3.87. The fourth-order valence-electron chi connectivity index (χ4n) is 1.38. The highest BCUT2D eigenvalue weighted by atomic mass is 16.5. The van der Waals surface area contributed by atoms with Crippen molar-refractivity contribution in [2.75, 3.05) is 25.0 Å². The summed E-state index contributed by atoms with van der Waals surface area (Å²) in [6.45, 7) is 4.43. The number of unbranched alkanes of at least 4 members (excludes halogenated alkanes) is 2. The van der Waals surface area contributed by atoms with Crippen molar-refractivity contribution < 1.29 is 4.74 Å². The fourth-order valence-corrected chi connectivity index (χ4v) is 1.38. The zero-order valence-electron chi connectivity index (χ0n) is 10.5. The lowest BCUT2D eigenvalue weighted by Gasteiger charge is -2.07. The van der Waals surface area contributed by atoms with Gasteiger partial charge in [-0.05, 0) is 25.8 Å². The minimum absolute atomic E-state index is 0.631. The Morgan fingerprint density at radius 3 is 2.94 bits per heavy atom. The van der Waals surface area contributed by atoms with Gasteiger partial charge >= 0.3 is 0 Å². The monoisotopic (exact) mass is 238 g/mol. The van der Waals surface area contributed by atoms with E-state index in [1.165, 1.54) is 6.33 Å². The molecule has 96 valence electrons. The molecule has 5 heteroatoms. The minimum Gasteiger partial charge on any atom is -0.478 e. The van der Waals surface area contributed by atoms with Gasteiger partial charge in [0.1, 0.15) is 12.1 Å². The van der Waals surface area contributed by atoms with Crippen molar-refractivity contribution in [1.29, 1.82) is 0 Å². The predicted octanol–water partition coefficient (Wildman–Crippen LogP) is 1.81. The molecule has 1 heterocycles. The minimum atomic E-state index is 0.631. The van der Waals surface area contributed by atoms with Gasteiger partial charge in [-0.1, -0.05) is 13.3 Å². The summed E-state index contributed by atoms with van der Waals surface area (Å²) >= 11 is 0. The molecule has 0 aromatic carbocycles. The van der Waals surface area contributed by atoms with E-state index in [-0.39, 0.29) is 0 Å². The molecule has 0 aliphatic heterocycles. The molecule has 3 N–H and O–H groups in total. The number of ether oxygens (including phenoxy) is 1. The van der Waals surface area contributed by atoms with Crippen LogP contribution in [0.5, 0.6) is 5.88 Å². The number of nitrogens with one attached hydrogen (secondary N) is 1. The van der Waals surface area contributed by atoms with Crippen LogP contribution in [0.4, 0.5) is 5.82 Å². The van der Waals surface area contributed by atoms with Crippen molar-refractivity contribution in [1.82, 2.24) is 9.97 Å². The summed E-state index contributed by atoms with van der Waals surface area (Å²) in [5.74, 6) is 1.45. The SMILES string of the molecule is CCCOc1cc(NCCCCCN)ncn1. The van der Waals surface area contributed by atoms with E-state index < -0.39 is 0 Å². The molecule has 1 rings (SSSR count). The number of hydrogen-bond acceptors (Lipinski definition) is 5. The Hall–Kier alpha value is -1.36. The maximum absolute atomic E-state index is 5.43. The van der Waals surface area contributed by atoms with Crippen LogP contribution in [0.1, 0.15) is 32.6 Å². The zero-order valence-corrected chi connectivity index (χ0v) is 10.5. The second kappa shape index (κ2) is 8.75. The number of nitrogens with two attached hydrogens (primary N) is 1. The molecule has 0 unspecified atom stereocenters.